The van der Waals surface area contributed by atoms with E-state index < -0.39 is 0 Å². The predicted octanol–water partition coefficient (Wildman–Crippen LogP) is 3.45. The first kappa shape index (κ1) is 22.8. The van der Waals surface area contributed by atoms with E-state index in [9.17, 15) is 0 Å². The van der Waals surface area contributed by atoms with Crippen molar-refractivity contribution in [3.63, 3.8) is 0 Å². The van der Waals surface area contributed by atoms with Crippen molar-refractivity contribution in [3.05, 3.63) is 63.9 Å². The van der Waals surface area contributed by atoms with E-state index in [4.69, 9.17) is 9.73 Å². The molecule has 0 fully saturated rings. The Morgan fingerprint density at radius 3 is 2.55 bits per heavy atom. The van der Waals surface area contributed by atoms with Gasteiger partial charge >= 0.3 is 0 Å². The first-order valence-electron chi connectivity index (χ1n) is 10.4. The van der Waals surface area contributed by atoms with Crippen molar-refractivity contribution in [1.29, 1.82) is 0 Å². The van der Waals surface area contributed by atoms with Crippen LogP contribution in [0.4, 0.5) is 0 Å². The largest absolute Gasteiger partial charge is 0.497 e. The lowest BCUT2D eigenvalue weighted by Crippen LogP contribution is -2.44. The second-order valence-corrected chi connectivity index (χ2v) is 9.07. The van der Waals surface area contributed by atoms with Gasteiger partial charge in [0.15, 0.2) is 11.8 Å². The van der Waals surface area contributed by atoms with Crippen molar-refractivity contribution in [2.75, 3.05) is 20.2 Å². The van der Waals surface area contributed by atoms with E-state index in [1.54, 1.807) is 18.4 Å². The lowest BCUT2D eigenvalue weighted by molar-refractivity contribution is 0.414. The molecule has 2 heterocycles. The molecule has 0 atom stereocenters. The molecule has 0 amide bonds. The first-order valence-corrected chi connectivity index (χ1v) is 11.3. The molecular formula is C23H32N6OS. The summed E-state index contributed by atoms with van der Waals surface area (Å²) in [4.78, 5) is 6.11. The molecule has 166 valence electrons. The van der Waals surface area contributed by atoms with E-state index in [2.05, 4.69) is 64.3 Å². The molecule has 8 heteroatoms. The van der Waals surface area contributed by atoms with E-state index in [1.807, 2.05) is 30.7 Å². The SMILES string of the molecule is COc1ccc(CCNC(=NCc2nnc(C)n2C)NCC(C)(C)c2cccs2)cc1. The molecule has 0 unspecified atom stereocenters. The summed E-state index contributed by atoms with van der Waals surface area (Å²) < 4.78 is 7.20. The molecule has 2 N–H and O–H groups in total. The van der Waals surface area contributed by atoms with Gasteiger partial charge in [-0.2, -0.15) is 0 Å². The first-order chi connectivity index (χ1) is 14.9. The summed E-state index contributed by atoms with van der Waals surface area (Å²) >= 11 is 1.78. The van der Waals surface area contributed by atoms with Gasteiger partial charge in [-0.15, -0.1) is 21.5 Å². The number of aromatic nitrogens is 3. The summed E-state index contributed by atoms with van der Waals surface area (Å²) in [7, 11) is 3.64. The molecule has 3 aromatic rings. The Balaban J connectivity index is 1.64. The third-order valence-electron chi connectivity index (χ3n) is 5.31. The maximum absolute atomic E-state index is 5.23. The van der Waals surface area contributed by atoms with Crippen LogP contribution in [0.1, 0.15) is 35.9 Å². The number of methoxy groups -OCH3 is 1. The fourth-order valence-corrected chi connectivity index (χ4v) is 3.94. The van der Waals surface area contributed by atoms with Crippen LogP contribution >= 0.6 is 11.3 Å². The molecule has 31 heavy (non-hydrogen) atoms. The third-order valence-corrected chi connectivity index (χ3v) is 6.55. The Bertz CT molecular complexity index is 976. The van der Waals surface area contributed by atoms with Gasteiger partial charge in [0.05, 0.1) is 7.11 Å². The molecule has 0 bridgehead atoms. The molecule has 0 aliphatic carbocycles. The monoisotopic (exact) mass is 440 g/mol. The zero-order valence-electron chi connectivity index (χ0n) is 19.0. The highest BCUT2D eigenvalue weighted by atomic mass is 32.1. The van der Waals surface area contributed by atoms with Gasteiger partial charge in [-0.1, -0.05) is 32.0 Å². The summed E-state index contributed by atoms with van der Waals surface area (Å²) in [5, 5.41) is 17.4. The number of nitrogens with one attached hydrogen (secondary N) is 2. The maximum Gasteiger partial charge on any atom is 0.191 e. The zero-order chi connectivity index (χ0) is 22.3. The second-order valence-electron chi connectivity index (χ2n) is 8.13. The Morgan fingerprint density at radius 1 is 1.16 bits per heavy atom. The van der Waals surface area contributed by atoms with Gasteiger partial charge in [0.25, 0.3) is 0 Å². The molecule has 0 spiro atoms. The van der Waals surface area contributed by atoms with Crippen molar-refractivity contribution < 1.29 is 4.74 Å². The number of rotatable bonds is 9. The molecule has 3 rings (SSSR count). The highest BCUT2D eigenvalue weighted by molar-refractivity contribution is 7.10. The molecule has 0 saturated carbocycles. The van der Waals surface area contributed by atoms with Crippen LogP contribution < -0.4 is 15.4 Å². The van der Waals surface area contributed by atoms with Crippen LogP contribution in [0.2, 0.25) is 0 Å². The van der Waals surface area contributed by atoms with Crippen molar-refractivity contribution in [3.8, 4) is 5.75 Å². The van der Waals surface area contributed by atoms with Crippen LogP contribution in [0.3, 0.4) is 0 Å². The van der Waals surface area contributed by atoms with Crippen LogP contribution in [0.15, 0.2) is 46.8 Å². The number of ether oxygens (including phenoxy) is 1. The summed E-state index contributed by atoms with van der Waals surface area (Å²) in [5.41, 5.74) is 1.25. The average Bonchev–Trinajstić information content (AvgIpc) is 3.42. The van der Waals surface area contributed by atoms with E-state index >= 15 is 0 Å². The lowest BCUT2D eigenvalue weighted by atomic mass is 9.91. The maximum atomic E-state index is 5.23. The molecule has 0 aliphatic heterocycles. The minimum Gasteiger partial charge on any atom is -0.497 e. The van der Waals surface area contributed by atoms with Crippen LogP contribution in [0, 0.1) is 6.92 Å². The van der Waals surface area contributed by atoms with Crippen LogP contribution in [0.5, 0.6) is 5.75 Å². The minimum atomic E-state index is 0.00790. The number of aliphatic imine (C=N–C) groups is 1. The minimum absolute atomic E-state index is 0.00790. The Hall–Kier alpha value is -2.87. The van der Waals surface area contributed by atoms with E-state index in [0.29, 0.717) is 6.54 Å². The zero-order valence-corrected chi connectivity index (χ0v) is 19.8. The fourth-order valence-electron chi connectivity index (χ4n) is 3.09. The van der Waals surface area contributed by atoms with Gasteiger partial charge < -0.3 is 19.9 Å². The smallest absolute Gasteiger partial charge is 0.191 e. The van der Waals surface area contributed by atoms with E-state index in [-0.39, 0.29) is 5.41 Å². The van der Waals surface area contributed by atoms with Crippen molar-refractivity contribution in [1.82, 2.24) is 25.4 Å². The van der Waals surface area contributed by atoms with E-state index in [1.165, 1.54) is 10.4 Å². The van der Waals surface area contributed by atoms with Crippen LogP contribution in [-0.2, 0) is 25.4 Å². The van der Waals surface area contributed by atoms with Gasteiger partial charge in [-0.05, 0) is 42.5 Å². The lowest BCUT2D eigenvalue weighted by Gasteiger charge is -2.25. The molecule has 0 radical (unpaired) electrons. The molecule has 7 nitrogen and oxygen atoms in total. The normalized spacial score (nSPS) is 12.1. The number of hydrogen-bond donors (Lipinski definition) is 2. The predicted molar refractivity (Wildman–Crippen MR) is 127 cm³/mol. The number of thiophene rings is 1. The standard InChI is InChI=1S/C23H32N6OS/c1-17-27-28-21(29(17)4)15-25-22(26-16-23(2,3)20-7-6-14-31-20)24-13-12-18-8-10-19(30-5)11-9-18/h6-11,14H,12-13,15-16H2,1-5H3,(H2,24,25,26). The van der Waals surface area contributed by atoms with Gasteiger partial charge in [0, 0.05) is 30.4 Å². The summed E-state index contributed by atoms with van der Waals surface area (Å²) in [6.07, 6.45) is 0.891. The number of benzene rings is 1. The number of hydrogen-bond acceptors (Lipinski definition) is 5. The number of guanidine groups is 1. The molecule has 0 saturated heterocycles. The fraction of sp³-hybridized carbons (Fsp3) is 0.435. The number of nitrogens with zero attached hydrogens (tertiary/aromatic N) is 4. The van der Waals surface area contributed by atoms with Gasteiger partial charge in [0.1, 0.15) is 18.1 Å². The topological polar surface area (TPSA) is 76.4 Å². The Morgan fingerprint density at radius 2 is 1.94 bits per heavy atom. The van der Waals surface area contributed by atoms with Crippen molar-refractivity contribution in [2.24, 2.45) is 12.0 Å². The van der Waals surface area contributed by atoms with Gasteiger partial charge in [0.2, 0.25) is 0 Å². The molecule has 1 aromatic carbocycles. The molecule has 2 aromatic heterocycles. The van der Waals surface area contributed by atoms with Crippen LogP contribution in [0.25, 0.3) is 0 Å². The summed E-state index contributed by atoms with van der Waals surface area (Å²) in [6, 6.07) is 12.4. The number of aryl methyl sites for hydroxylation is 1. The van der Waals surface area contributed by atoms with E-state index in [0.717, 1.165) is 42.9 Å². The van der Waals surface area contributed by atoms with Gasteiger partial charge in [-0.25, -0.2) is 4.99 Å². The summed E-state index contributed by atoms with van der Waals surface area (Å²) in [6.45, 7) is 8.44. The quantitative estimate of drug-likeness (QED) is 0.394. The Labute approximate surface area is 188 Å². The van der Waals surface area contributed by atoms with Crippen molar-refractivity contribution in [2.45, 2.75) is 39.2 Å². The molecular weight excluding hydrogens is 408 g/mol. The van der Waals surface area contributed by atoms with Crippen LogP contribution in [-0.4, -0.2) is 40.9 Å². The Kier molecular flexibility index (Phi) is 7.68. The average molecular weight is 441 g/mol. The second kappa shape index (κ2) is 10.4. The highest BCUT2D eigenvalue weighted by Gasteiger charge is 2.22. The van der Waals surface area contributed by atoms with Crippen molar-refractivity contribution >= 4 is 17.3 Å². The van der Waals surface area contributed by atoms with Gasteiger partial charge in [-0.3, -0.25) is 0 Å². The highest BCUT2D eigenvalue weighted by Crippen LogP contribution is 2.26. The molecule has 0 aliphatic rings. The summed E-state index contributed by atoms with van der Waals surface area (Å²) in [5.74, 6) is 3.37. The third kappa shape index (κ3) is 6.30.